The Morgan fingerprint density at radius 1 is 0.741 bits per heavy atom. The summed E-state index contributed by atoms with van der Waals surface area (Å²) in [5.41, 5.74) is 6.13. The minimum absolute atomic E-state index is 0.00343. The van der Waals surface area contributed by atoms with Gasteiger partial charge in [0.25, 0.3) is 0 Å². The molecular formula is C21H46ClNO4. The third-order valence-electron chi connectivity index (χ3n) is 5.26. The lowest BCUT2D eigenvalue weighted by Crippen LogP contribution is -2.58. The number of hydrogen-bond acceptors (Lipinski definition) is 5. The van der Waals surface area contributed by atoms with Crippen molar-refractivity contribution < 1.29 is 28.9 Å². The average molecular weight is 412 g/mol. The zero-order chi connectivity index (χ0) is 21.2. The second-order valence-electron chi connectivity index (χ2n) is 8.50. The van der Waals surface area contributed by atoms with Gasteiger partial charge in [-0.3, -0.25) is 0 Å². The molecule has 166 valence electrons. The zero-order valence-electron chi connectivity index (χ0n) is 18.3. The monoisotopic (exact) mass is 411 g/mol. The van der Waals surface area contributed by atoms with E-state index in [-0.39, 0.29) is 5.54 Å². The average Bonchev–Trinajstić information content (AvgIpc) is 2.52. The first-order valence-electron chi connectivity index (χ1n) is 10.9. The molecule has 0 amide bonds. The molecule has 0 bridgehead atoms. The smallest absolute Gasteiger partial charge is 0.0777 e. The molecule has 0 heterocycles. The van der Waals surface area contributed by atoms with Crippen LogP contribution in [0.3, 0.4) is 0 Å². The van der Waals surface area contributed by atoms with Gasteiger partial charge >= 0.3 is 0 Å². The molecule has 1 unspecified atom stereocenters. The minimum Gasteiger partial charge on any atom is -0.325 e. The summed E-state index contributed by atoms with van der Waals surface area (Å²) in [4.78, 5) is 0. The molecule has 6 heteroatoms. The van der Waals surface area contributed by atoms with Crippen molar-refractivity contribution in [3.8, 4) is 0 Å². The van der Waals surface area contributed by atoms with Gasteiger partial charge in [0, 0.05) is 5.54 Å². The van der Waals surface area contributed by atoms with E-state index in [1.807, 2.05) is 0 Å². The maximum Gasteiger partial charge on any atom is 0.0777 e. The van der Waals surface area contributed by atoms with Crippen LogP contribution in [-0.4, -0.2) is 10.2 Å². The Balaban J connectivity index is 0. The fourth-order valence-corrected chi connectivity index (χ4v) is 3.02. The van der Waals surface area contributed by atoms with Crippen molar-refractivity contribution in [2.45, 2.75) is 130 Å². The Kier molecular flexibility index (Phi) is 19.7. The molecule has 3 N–H and O–H groups in total. The van der Waals surface area contributed by atoms with Crippen molar-refractivity contribution in [1.29, 1.82) is 0 Å². The summed E-state index contributed by atoms with van der Waals surface area (Å²) in [6.07, 6.45) is 21.4. The quantitative estimate of drug-likeness (QED) is 0.378. The van der Waals surface area contributed by atoms with Crippen LogP contribution >= 0.6 is 0 Å². The predicted molar refractivity (Wildman–Crippen MR) is 105 cm³/mol. The van der Waals surface area contributed by atoms with Gasteiger partial charge < -0.3 is 5.73 Å². The Bertz CT molecular complexity index is 298. The first kappa shape index (κ1) is 29.3. The van der Waals surface area contributed by atoms with Crippen molar-refractivity contribution in [3.05, 3.63) is 0 Å². The highest BCUT2D eigenvalue weighted by Gasteiger charge is 2.19. The van der Waals surface area contributed by atoms with Gasteiger partial charge in [-0.2, -0.15) is 14.0 Å². The van der Waals surface area contributed by atoms with E-state index in [1.54, 1.807) is 0 Å². The van der Waals surface area contributed by atoms with Gasteiger partial charge in [-0.15, -0.1) is 0 Å². The minimum atomic E-state index is -4.69. The highest BCUT2D eigenvalue weighted by atomic mass is 35.7. The van der Waals surface area contributed by atoms with E-state index in [1.165, 1.54) is 96.3 Å². The molecule has 0 aromatic heterocycles. The Morgan fingerprint density at radius 3 is 1.26 bits per heavy atom. The number of halogens is 1. The van der Waals surface area contributed by atoms with E-state index in [0.717, 1.165) is 0 Å². The lowest BCUT2D eigenvalue weighted by atomic mass is 9.86. The second kappa shape index (κ2) is 18.1. The van der Waals surface area contributed by atoms with E-state index in [9.17, 15) is 0 Å². The molecule has 0 saturated heterocycles. The van der Waals surface area contributed by atoms with Crippen LogP contribution in [0.4, 0.5) is 0 Å². The Labute approximate surface area is 170 Å². The van der Waals surface area contributed by atoms with E-state index < -0.39 is 10.2 Å². The molecule has 0 aromatic carbocycles. The van der Waals surface area contributed by atoms with Gasteiger partial charge in [-0.1, -0.05) is 104 Å². The van der Waals surface area contributed by atoms with Crippen molar-refractivity contribution in [1.82, 2.24) is 0 Å². The molecule has 0 aliphatic rings. The standard InChI is InChI=1S/C21H45N.ClHO4/c1-5-6-7-8-9-10-11-12-13-14-15-16-17-18-19-20(2)21(3,4)22;2-1(3,4)5/h20H,5-19,22H2,1-4H3;(H,2,3,4,5). The van der Waals surface area contributed by atoms with Crippen LogP contribution < -0.4 is 19.7 Å². The van der Waals surface area contributed by atoms with Crippen molar-refractivity contribution in [3.63, 3.8) is 0 Å². The fraction of sp³-hybridized carbons (Fsp3) is 1.00. The third-order valence-corrected chi connectivity index (χ3v) is 5.26. The predicted octanol–water partition coefficient (Wildman–Crippen LogP) is 3.11. The summed E-state index contributed by atoms with van der Waals surface area (Å²) in [7, 11) is -4.69. The van der Waals surface area contributed by atoms with Crippen LogP contribution in [0.5, 0.6) is 0 Å². The molecule has 5 nitrogen and oxygen atoms in total. The van der Waals surface area contributed by atoms with E-state index >= 15 is 0 Å². The van der Waals surface area contributed by atoms with Crippen molar-refractivity contribution in [2.75, 3.05) is 0 Å². The van der Waals surface area contributed by atoms with Gasteiger partial charge in [0.15, 0.2) is 0 Å². The summed E-state index contributed by atoms with van der Waals surface area (Å²) in [6.45, 7) is 8.89. The normalized spacial score (nSPS) is 13.2. The van der Waals surface area contributed by atoms with Crippen molar-refractivity contribution >= 4 is 0 Å². The molecule has 0 radical (unpaired) electrons. The fourth-order valence-electron chi connectivity index (χ4n) is 3.02. The molecule has 0 spiro atoms. The zero-order valence-corrected chi connectivity index (χ0v) is 19.1. The molecule has 1 atom stereocenters. The van der Waals surface area contributed by atoms with Crippen LogP contribution in [0.2, 0.25) is 0 Å². The molecule has 0 aliphatic heterocycles. The Hall–Kier alpha value is 0.0900. The first-order chi connectivity index (χ1) is 12.5. The van der Waals surface area contributed by atoms with Crippen LogP contribution in [-0.2, 0) is 0 Å². The topological polar surface area (TPSA) is 115 Å². The maximum atomic E-state index is 8.60. The van der Waals surface area contributed by atoms with Gasteiger partial charge in [0.1, 0.15) is 0 Å². The number of rotatable bonds is 16. The SMILES string of the molecule is CCCCCCCCCCCCCCCCC(C)C(C)(C)N.[O-][Cl+3]([O-])([O-])O. The molecule has 0 saturated carbocycles. The third kappa shape index (κ3) is 31.0. The summed E-state index contributed by atoms with van der Waals surface area (Å²) in [5.74, 6) is 0.643. The van der Waals surface area contributed by atoms with Gasteiger partial charge in [-0.25, -0.2) is 0 Å². The molecule has 0 fully saturated rings. The number of unbranched alkanes of at least 4 members (excludes halogenated alkanes) is 13. The molecule has 0 rings (SSSR count). The highest BCUT2D eigenvalue weighted by molar-refractivity contribution is 4.78. The lowest BCUT2D eigenvalue weighted by Gasteiger charge is -2.27. The first-order valence-corrected chi connectivity index (χ1v) is 12.2. The van der Waals surface area contributed by atoms with Gasteiger partial charge in [-0.05, 0) is 26.2 Å². The number of hydrogen-bond donors (Lipinski definition) is 2. The van der Waals surface area contributed by atoms with E-state index in [0.29, 0.717) is 5.92 Å². The van der Waals surface area contributed by atoms with Crippen LogP contribution in [0.1, 0.15) is 124 Å². The summed E-state index contributed by atoms with van der Waals surface area (Å²) < 4.78 is 32.7. The Morgan fingerprint density at radius 2 is 1.00 bits per heavy atom. The van der Waals surface area contributed by atoms with E-state index in [2.05, 4.69) is 27.7 Å². The van der Waals surface area contributed by atoms with Crippen molar-refractivity contribution in [2.24, 2.45) is 11.7 Å². The highest BCUT2D eigenvalue weighted by Crippen LogP contribution is 2.20. The molecule has 0 aromatic rings. The second-order valence-corrected chi connectivity index (χ2v) is 9.30. The lowest BCUT2D eigenvalue weighted by molar-refractivity contribution is -1.92. The summed E-state index contributed by atoms with van der Waals surface area (Å²) >= 11 is 0. The van der Waals surface area contributed by atoms with E-state index in [4.69, 9.17) is 24.4 Å². The summed E-state index contributed by atoms with van der Waals surface area (Å²) in [5, 5.41) is 0. The summed E-state index contributed by atoms with van der Waals surface area (Å²) in [6, 6.07) is 0. The molecular weight excluding hydrogens is 366 g/mol. The molecule has 27 heavy (non-hydrogen) atoms. The van der Waals surface area contributed by atoms with Gasteiger partial charge in [0.05, 0.1) is 14.9 Å². The largest absolute Gasteiger partial charge is 0.325 e. The molecule has 0 aliphatic carbocycles. The van der Waals surface area contributed by atoms with Crippen LogP contribution in [0, 0.1) is 16.2 Å². The maximum absolute atomic E-state index is 8.60. The number of nitrogens with two attached hydrogens (primary N) is 1. The van der Waals surface area contributed by atoms with Gasteiger partial charge in [0.2, 0.25) is 0 Å². The van der Waals surface area contributed by atoms with Crippen LogP contribution in [0.15, 0.2) is 0 Å². The van der Waals surface area contributed by atoms with Crippen LogP contribution in [0.25, 0.3) is 0 Å².